The Bertz CT molecular complexity index is 866. The molecule has 1 aliphatic heterocycles. The van der Waals surface area contributed by atoms with Crippen molar-refractivity contribution >= 4 is 16.6 Å². The maximum absolute atomic E-state index is 10.4. The molecule has 27 heavy (non-hydrogen) atoms. The number of aliphatic hydroxyl groups excluding tert-OH is 1. The molecule has 4 rings (SSSR count). The molecule has 1 fully saturated rings. The molecule has 2 heterocycles. The van der Waals surface area contributed by atoms with Crippen LogP contribution in [0.2, 0.25) is 0 Å². The van der Waals surface area contributed by atoms with E-state index in [-0.39, 0.29) is 0 Å². The largest absolute Gasteiger partial charge is 0.491 e. The Labute approximate surface area is 159 Å². The van der Waals surface area contributed by atoms with E-state index >= 15 is 0 Å². The normalized spacial score (nSPS) is 16.4. The van der Waals surface area contributed by atoms with Gasteiger partial charge >= 0.3 is 0 Å². The van der Waals surface area contributed by atoms with Crippen LogP contribution in [0.25, 0.3) is 10.8 Å². The van der Waals surface area contributed by atoms with Crippen LogP contribution < -0.4 is 9.64 Å². The molecule has 1 saturated heterocycles. The summed E-state index contributed by atoms with van der Waals surface area (Å²) in [6.45, 7) is 4.46. The Morgan fingerprint density at radius 2 is 1.81 bits per heavy atom. The minimum absolute atomic E-state index is 0.294. The molecule has 0 spiro atoms. The molecule has 140 valence electrons. The fourth-order valence-electron chi connectivity index (χ4n) is 3.41. The molecule has 1 N–H and O–H groups in total. The van der Waals surface area contributed by atoms with E-state index in [2.05, 4.69) is 31.9 Å². The molecular formula is C21H24N4O2. The fourth-order valence-corrected chi connectivity index (χ4v) is 3.41. The van der Waals surface area contributed by atoms with Crippen LogP contribution in [0.4, 0.5) is 5.82 Å². The number of anilines is 1. The summed E-state index contributed by atoms with van der Waals surface area (Å²) in [5.41, 5.74) is 0. The molecule has 3 aromatic rings. The summed E-state index contributed by atoms with van der Waals surface area (Å²) < 4.78 is 5.80. The lowest BCUT2D eigenvalue weighted by Gasteiger charge is -2.36. The third kappa shape index (κ3) is 4.53. The maximum Gasteiger partial charge on any atom is 0.147 e. The summed E-state index contributed by atoms with van der Waals surface area (Å²) in [4.78, 5) is 13.0. The second-order valence-corrected chi connectivity index (χ2v) is 6.83. The zero-order valence-corrected chi connectivity index (χ0v) is 15.2. The quantitative estimate of drug-likeness (QED) is 0.724. The van der Waals surface area contributed by atoms with Crippen molar-refractivity contribution in [3.05, 3.63) is 61.1 Å². The van der Waals surface area contributed by atoms with E-state index in [1.165, 1.54) is 5.39 Å². The van der Waals surface area contributed by atoms with E-state index in [0.717, 1.165) is 43.1 Å². The average Bonchev–Trinajstić information content (AvgIpc) is 2.73. The van der Waals surface area contributed by atoms with Crippen LogP contribution in [0.15, 0.2) is 61.1 Å². The van der Waals surface area contributed by atoms with Crippen LogP contribution in [-0.4, -0.2) is 65.4 Å². The predicted molar refractivity (Wildman–Crippen MR) is 106 cm³/mol. The van der Waals surface area contributed by atoms with Gasteiger partial charge in [0.15, 0.2) is 0 Å². The minimum atomic E-state index is -0.514. The number of rotatable bonds is 6. The number of β-amino-alcohol motifs (C(OH)–C–C–N with tert-alkyl or cyclic N) is 1. The van der Waals surface area contributed by atoms with Gasteiger partial charge in [0.1, 0.15) is 24.3 Å². The number of ether oxygens (including phenoxy) is 1. The zero-order chi connectivity index (χ0) is 18.5. The highest BCUT2D eigenvalue weighted by molar-refractivity contribution is 5.83. The summed E-state index contributed by atoms with van der Waals surface area (Å²) in [6.07, 6.45) is 4.68. The first-order chi connectivity index (χ1) is 13.3. The van der Waals surface area contributed by atoms with Crippen molar-refractivity contribution in [3.63, 3.8) is 0 Å². The summed E-state index contributed by atoms with van der Waals surface area (Å²) in [6, 6.07) is 14.2. The topological polar surface area (TPSA) is 61.7 Å². The lowest BCUT2D eigenvalue weighted by atomic mass is 10.1. The van der Waals surface area contributed by atoms with Gasteiger partial charge in [0.05, 0.1) is 6.20 Å². The first kappa shape index (κ1) is 17.7. The number of piperazine rings is 1. The number of hydrogen-bond acceptors (Lipinski definition) is 6. The van der Waals surface area contributed by atoms with Crippen LogP contribution in [0.5, 0.6) is 5.75 Å². The van der Waals surface area contributed by atoms with Gasteiger partial charge < -0.3 is 14.7 Å². The molecule has 1 aliphatic rings. The minimum Gasteiger partial charge on any atom is -0.491 e. The highest BCUT2D eigenvalue weighted by atomic mass is 16.5. The van der Waals surface area contributed by atoms with Gasteiger partial charge in [0.2, 0.25) is 0 Å². The number of benzene rings is 2. The molecule has 0 amide bonds. The van der Waals surface area contributed by atoms with E-state index in [1.807, 2.05) is 30.3 Å². The molecule has 0 radical (unpaired) electrons. The van der Waals surface area contributed by atoms with E-state index in [1.54, 1.807) is 18.6 Å². The highest BCUT2D eigenvalue weighted by Gasteiger charge is 2.20. The fraction of sp³-hybridized carbons (Fsp3) is 0.333. The second-order valence-electron chi connectivity index (χ2n) is 6.83. The Balaban J connectivity index is 1.24. The van der Waals surface area contributed by atoms with Crippen LogP contribution >= 0.6 is 0 Å². The van der Waals surface area contributed by atoms with Gasteiger partial charge in [-0.1, -0.05) is 30.3 Å². The summed E-state index contributed by atoms with van der Waals surface area (Å²) in [7, 11) is 0. The maximum atomic E-state index is 10.4. The zero-order valence-electron chi connectivity index (χ0n) is 15.2. The van der Waals surface area contributed by atoms with Crippen molar-refractivity contribution in [1.29, 1.82) is 0 Å². The van der Waals surface area contributed by atoms with Gasteiger partial charge in [-0.2, -0.15) is 0 Å². The molecule has 2 aromatic carbocycles. The van der Waals surface area contributed by atoms with Crippen molar-refractivity contribution < 1.29 is 9.84 Å². The predicted octanol–water partition coefficient (Wildman–Crippen LogP) is 2.19. The standard InChI is InChI=1S/C21H24N4O2/c26-19(16-27-20-6-5-17-3-1-2-4-18(17)13-20)15-24-9-11-25(12-10-24)21-14-22-7-8-23-21/h1-8,13-14,19,26H,9-12,15-16H2/t19-/m0/s1. The Kier molecular flexibility index (Phi) is 5.46. The average molecular weight is 364 g/mol. The number of hydrogen-bond donors (Lipinski definition) is 1. The van der Waals surface area contributed by atoms with Crippen LogP contribution in [0, 0.1) is 0 Å². The van der Waals surface area contributed by atoms with Gasteiger partial charge in [-0.15, -0.1) is 0 Å². The van der Waals surface area contributed by atoms with Gasteiger partial charge in [-0.05, 0) is 22.9 Å². The number of nitrogens with zero attached hydrogens (tertiary/aromatic N) is 4. The number of aromatic nitrogens is 2. The molecule has 0 unspecified atom stereocenters. The van der Waals surface area contributed by atoms with Crippen molar-refractivity contribution in [1.82, 2.24) is 14.9 Å². The van der Waals surface area contributed by atoms with Crippen molar-refractivity contribution in [2.24, 2.45) is 0 Å². The van der Waals surface area contributed by atoms with Crippen molar-refractivity contribution in [2.75, 3.05) is 44.2 Å². The van der Waals surface area contributed by atoms with Crippen molar-refractivity contribution in [2.45, 2.75) is 6.10 Å². The first-order valence-corrected chi connectivity index (χ1v) is 9.31. The van der Waals surface area contributed by atoms with Gasteiger partial charge in [-0.25, -0.2) is 4.98 Å². The van der Waals surface area contributed by atoms with E-state index in [4.69, 9.17) is 4.74 Å². The third-order valence-electron chi connectivity index (χ3n) is 4.88. The van der Waals surface area contributed by atoms with Crippen LogP contribution in [0.3, 0.4) is 0 Å². The van der Waals surface area contributed by atoms with E-state index < -0.39 is 6.10 Å². The molecule has 1 aromatic heterocycles. The highest BCUT2D eigenvalue weighted by Crippen LogP contribution is 2.20. The molecule has 0 aliphatic carbocycles. The van der Waals surface area contributed by atoms with E-state index in [0.29, 0.717) is 13.2 Å². The Morgan fingerprint density at radius 1 is 1.00 bits per heavy atom. The van der Waals surface area contributed by atoms with Gasteiger partial charge in [-0.3, -0.25) is 9.88 Å². The molecule has 6 nitrogen and oxygen atoms in total. The first-order valence-electron chi connectivity index (χ1n) is 9.31. The second kappa shape index (κ2) is 8.33. The van der Waals surface area contributed by atoms with Crippen LogP contribution in [0.1, 0.15) is 0 Å². The molecular weight excluding hydrogens is 340 g/mol. The van der Waals surface area contributed by atoms with E-state index in [9.17, 15) is 5.11 Å². The Morgan fingerprint density at radius 3 is 2.59 bits per heavy atom. The van der Waals surface area contributed by atoms with Crippen LogP contribution in [-0.2, 0) is 0 Å². The molecule has 6 heteroatoms. The SMILES string of the molecule is O[C@H](COc1ccc2ccccc2c1)CN1CCN(c2cnccn2)CC1. The number of aliphatic hydroxyl groups is 1. The molecule has 0 saturated carbocycles. The monoisotopic (exact) mass is 364 g/mol. The molecule has 1 atom stereocenters. The third-order valence-corrected chi connectivity index (χ3v) is 4.88. The van der Waals surface area contributed by atoms with Gasteiger partial charge in [0.25, 0.3) is 0 Å². The van der Waals surface area contributed by atoms with Crippen molar-refractivity contribution in [3.8, 4) is 5.75 Å². The summed E-state index contributed by atoms with van der Waals surface area (Å²) >= 11 is 0. The summed E-state index contributed by atoms with van der Waals surface area (Å²) in [5.74, 6) is 1.71. The Hall–Kier alpha value is -2.70. The number of fused-ring (bicyclic) bond motifs is 1. The lowest BCUT2D eigenvalue weighted by molar-refractivity contribution is 0.0663. The summed E-state index contributed by atoms with van der Waals surface area (Å²) in [5, 5.41) is 12.7. The molecule has 0 bridgehead atoms. The smallest absolute Gasteiger partial charge is 0.147 e. The lowest BCUT2D eigenvalue weighted by Crippen LogP contribution is -2.49. The van der Waals surface area contributed by atoms with Gasteiger partial charge in [0, 0.05) is 45.1 Å².